The maximum absolute atomic E-state index is 8.13. The molecule has 0 rings (SSSR count). The maximum Gasteiger partial charge on any atom is 0.288 e. The summed E-state index contributed by atoms with van der Waals surface area (Å²) in [6.07, 6.45) is 1.59. The predicted octanol–water partition coefficient (Wildman–Crippen LogP) is 2.46. The van der Waals surface area contributed by atoms with Crippen molar-refractivity contribution in [3.63, 3.8) is 0 Å². The molecule has 0 atom stereocenters. The molecule has 0 aliphatic carbocycles. The summed E-state index contributed by atoms with van der Waals surface area (Å²) in [6.45, 7) is 10.8. The number of ether oxygens (including phenoxy) is 1. The Kier molecular flexibility index (Phi) is 3.75. The maximum atomic E-state index is 8.13. The summed E-state index contributed by atoms with van der Waals surface area (Å²) < 4.78 is 10.0. The van der Waals surface area contributed by atoms with Gasteiger partial charge in [0.2, 0.25) is 0 Å². The third-order valence-corrected chi connectivity index (χ3v) is 6.80. The summed E-state index contributed by atoms with van der Waals surface area (Å²) in [7, 11) is -1.72. The Morgan fingerprint density at radius 2 is 1.83 bits per heavy atom. The van der Waals surface area contributed by atoms with E-state index in [0.29, 0.717) is 0 Å². The lowest BCUT2D eigenvalue weighted by Gasteiger charge is -2.35. The lowest BCUT2D eigenvalue weighted by Crippen LogP contribution is -2.41. The van der Waals surface area contributed by atoms with Crippen molar-refractivity contribution in [2.45, 2.75) is 38.9 Å². The van der Waals surface area contributed by atoms with E-state index in [1.165, 1.54) is 0 Å². The van der Waals surface area contributed by atoms with Crippen molar-refractivity contribution in [2.24, 2.45) is 0 Å². The first-order valence-corrected chi connectivity index (χ1v) is 6.87. The molecule has 0 radical (unpaired) electrons. The molecule has 3 nitrogen and oxygen atoms in total. The van der Waals surface area contributed by atoms with Crippen molar-refractivity contribution in [1.82, 2.24) is 0 Å². The van der Waals surface area contributed by atoms with Crippen LogP contribution >= 0.6 is 0 Å². The number of nitriles is 1. The van der Waals surface area contributed by atoms with Crippen LogP contribution in [-0.2, 0) is 9.16 Å². The lowest BCUT2D eigenvalue weighted by atomic mass is 10.2. The van der Waals surface area contributed by atoms with Gasteiger partial charge in [-0.25, -0.2) is 0 Å². The van der Waals surface area contributed by atoms with Gasteiger partial charge in [-0.15, -0.1) is 0 Å². The molecule has 0 aromatic heterocycles. The minimum atomic E-state index is -1.72. The normalized spacial score (nSPS) is 12.3. The smallest absolute Gasteiger partial charge is 0.288 e. The monoisotopic (exact) mass is 187 g/mol. The first-order valence-electron chi connectivity index (χ1n) is 3.96. The highest BCUT2D eigenvalue weighted by Crippen LogP contribution is 2.36. The summed E-state index contributed by atoms with van der Waals surface area (Å²) in [5, 5.41) is 8.30. The number of nitrogens with zero attached hydrogens (tertiary/aromatic N) is 1. The molecular formula is C8H17NO2Si. The van der Waals surface area contributed by atoms with Crippen LogP contribution in [-0.4, -0.2) is 15.1 Å². The molecule has 0 aliphatic heterocycles. The first kappa shape index (κ1) is 11.5. The van der Waals surface area contributed by atoms with Crippen molar-refractivity contribution in [3.8, 4) is 6.26 Å². The number of hydrogen-bond acceptors (Lipinski definition) is 3. The van der Waals surface area contributed by atoms with Crippen LogP contribution in [0, 0.1) is 11.5 Å². The molecule has 0 heterocycles. The lowest BCUT2D eigenvalue weighted by molar-refractivity contribution is 0.0795. The van der Waals surface area contributed by atoms with Gasteiger partial charge in [-0.05, 0) is 18.1 Å². The van der Waals surface area contributed by atoms with Crippen molar-refractivity contribution in [2.75, 3.05) is 6.79 Å². The summed E-state index contributed by atoms with van der Waals surface area (Å²) in [4.78, 5) is 0. The second-order valence-corrected chi connectivity index (χ2v) is 9.07. The largest absolute Gasteiger partial charge is 0.399 e. The van der Waals surface area contributed by atoms with E-state index < -0.39 is 8.32 Å². The van der Waals surface area contributed by atoms with Crippen molar-refractivity contribution >= 4 is 8.32 Å². The molecular weight excluding hydrogens is 170 g/mol. The van der Waals surface area contributed by atoms with Gasteiger partial charge in [-0.1, -0.05) is 20.8 Å². The van der Waals surface area contributed by atoms with Crippen LogP contribution in [0.4, 0.5) is 0 Å². The molecule has 0 aromatic rings. The van der Waals surface area contributed by atoms with Gasteiger partial charge in [0, 0.05) is 0 Å². The SMILES string of the molecule is CC(C)(C)[Si](C)(C)OCOC#N. The Morgan fingerprint density at radius 3 is 2.17 bits per heavy atom. The molecule has 0 spiro atoms. The van der Waals surface area contributed by atoms with Crippen molar-refractivity contribution in [3.05, 3.63) is 0 Å². The van der Waals surface area contributed by atoms with Crippen LogP contribution in [0.2, 0.25) is 18.1 Å². The van der Waals surface area contributed by atoms with E-state index in [-0.39, 0.29) is 11.8 Å². The van der Waals surface area contributed by atoms with Gasteiger partial charge in [0.05, 0.1) is 0 Å². The molecule has 0 aromatic carbocycles. The Hall–Kier alpha value is -0.533. The Balaban J connectivity index is 3.98. The van der Waals surface area contributed by atoms with Crippen molar-refractivity contribution < 1.29 is 9.16 Å². The van der Waals surface area contributed by atoms with Crippen LogP contribution in [0.15, 0.2) is 0 Å². The van der Waals surface area contributed by atoms with E-state index in [4.69, 9.17) is 9.69 Å². The third-order valence-electron chi connectivity index (χ3n) is 2.35. The molecule has 0 fully saturated rings. The fourth-order valence-corrected chi connectivity index (χ4v) is 1.21. The predicted molar refractivity (Wildman–Crippen MR) is 49.8 cm³/mol. The van der Waals surface area contributed by atoms with Gasteiger partial charge in [0.15, 0.2) is 15.1 Å². The molecule has 4 heteroatoms. The summed E-state index contributed by atoms with van der Waals surface area (Å²) in [6, 6.07) is 0. The highest BCUT2D eigenvalue weighted by atomic mass is 28.4. The highest BCUT2D eigenvalue weighted by Gasteiger charge is 2.37. The van der Waals surface area contributed by atoms with Gasteiger partial charge in [-0.3, -0.25) is 0 Å². The minimum Gasteiger partial charge on any atom is -0.399 e. The molecule has 70 valence electrons. The molecule has 0 unspecified atom stereocenters. The molecule has 12 heavy (non-hydrogen) atoms. The summed E-state index contributed by atoms with van der Waals surface area (Å²) >= 11 is 0. The van der Waals surface area contributed by atoms with Gasteiger partial charge < -0.3 is 9.16 Å². The van der Waals surface area contributed by atoms with Gasteiger partial charge in [0.1, 0.15) is 0 Å². The Morgan fingerprint density at radius 1 is 1.33 bits per heavy atom. The minimum absolute atomic E-state index is 0.0903. The molecule has 0 N–H and O–H groups in total. The zero-order chi connectivity index (χ0) is 9.83. The Bertz CT molecular complexity index is 178. The second kappa shape index (κ2) is 3.92. The van der Waals surface area contributed by atoms with Gasteiger partial charge in [0.25, 0.3) is 6.26 Å². The van der Waals surface area contributed by atoms with E-state index in [9.17, 15) is 0 Å². The van der Waals surface area contributed by atoms with Crippen LogP contribution in [0.1, 0.15) is 20.8 Å². The zero-order valence-electron chi connectivity index (χ0n) is 8.47. The zero-order valence-corrected chi connectivity index (χ0v) is 9.47. The van der Waals surface area contributed by atoms with Crippen LogP contribution in [0.5, 0.6) is 0 Å². The summed E-state index contributed by atoms with van der Waals surface area (Å²) in [5.41, 5.74) is 0. The molecule has 0 amide bonds. The molecule has 0 saturated carbocycles. The molecule has 0 aliphatic rings. The van der Waals surface area contributed by atoms with Crippen LogP contribution in [0.25, 0.3) is 0 Å². The van der Waals surface area contributed by atoms with Gasteiger partial charge in [-0.2, -0.15) is 5.26 Å². The van der Waals surface area contributed by atoms with E-state index in [1.54, 1.807) is 6.26 Å². The van der Waals surface area contributed by atoms with E-state index in [2.05, 4.69) is 38.6 Å². The quantitative estimate of drug-likeness (QED) is 0.295. The fourth-order valence-electron chi connectivity index (χ4n) is 0.420. The number of hydrogen-bond donors (Lipinski definition) is 0. The van der Waals surface area contributed by atoms with Gasteiger partial charge >= 0.3 is 0 Å². The summed E-state index contributed by atoms with van der Waals surface area (Å²) in [5.74, 6) is 0. The molecule has 0 bridgehead atoms. The third kappa shape index (κ3) is 3.24. The van der Waals surface area contributed by atoms with Crippen LogP contribution in [0.3, 0.4) is 0 Å². The van der Waals surface area contributed by atoms with E-state index >= 15 is 0 Å². The van der Waals surface area contributed by atoms with E-state index in [0.717, 1.165) is 0 Å². The fraction of sp³-hybridized carbons (Fsp3) is 0.875. The first-order chi connectivity index (χ1) is 5.31. The Labute approximate surface area is 75.4 Å². The highest BCUT2D eigenvalue weighted by molar-refractivity contribution is 6.74. The number of rotatable bonds is 3. The molecule has 0 saturated heterocycles. The average molecular weight is 187 g/mol. The van der Waals surface area contributed by atoms with Crippen molar-refractivity contribution in [1.29, 1.82) is 5.26 Å². The van der Waals surface area contributed by atoms with E-state index in [1.807, 2.05) is 0 Å². The van der Waals surface area contributed by atoms with Crippen LogP contribution < -0.4 is 0 Å². The second-order valence-electron chi connectivity index (χ2n) is 4.26. The standard InChI is InChI=1S/C8H17NO2Si/c1-8(2,3)12(4,5)11-7-10-6-9/h7H2,1-5H3. The average Bonchev–Trinajstić information content (AvgIpc) is 1.85. The topological polar surface area (TPSA) is 42.2 Å².